The Morgan fingerprint density at radius 1 is 1.10 bits per heavy atom. The number of hydrogen-bond donors (Lipinski definition) is 1. The van der Waals surface area contributed by atoms with Gasteiger partial charge in [-0.3, -0.25) is 4.98 Å². The molecule has 4 rings (SSSR count). The molecule has 3 fully saturated rings. The first kappa shape index (κ1) is 13.5. The second-order valence-corrected chi connectivity index (χ2v) is 7.22. The Hall–Kier alpha value is -1.16. The highest BCUT2D eigenvalue weighted by atomic mass is 15.2. The second kappa shape index (κ2) is 5.56. The molecular formula is C17H26N4. The Kier molecular flexibility index (Phi) is 3.57. The van der Waals surface area contributed by atoms with Crippen molar-refractivity contribution < 1.29 is 0 Å². The summed E-state index contributed by atoms with van der Waals surface area (Å²) >= 11 is 0. The lowest BCUT2D eigenvalue weighted by Gasteiger charge is -2.39. The Labute approximate surface area is 127 Å². The Morgan fingerprint density at radius 2 is 1.86 bits per heavy atom. The maximum absolute atomic E-state index is 4.81. The molecular weight excluding hydrogens is 260 g/mol. The summed E-state index contributed by atoms with van der Waals surface area (Å²) in [6, 6.07) is 0.729. The van der Waals surface area contributed by atoms with Crippen molar-refractivity contribution in [3.05, 3.63) is 18.1 Å². The van der Waals surface area contributed by atoms with Crippen LogP contribution in [0.1, 0.15) is 57.1 Å². The van der Waals surface area contributed by atoms with Crippen molar-refractivity contribution >= 4 is 5.82 Å². The minimum absolute atomic E-state index is 0.676. The molecule has 1 aliphatic heterocycles. The minimum Gasteiger partial charge on any atom is -0.355 e. The van der Waals surface area contributed by atoms with Gasteiger partial charge in [-0.2, -0.15) is 0 Å². The van der Waals surface area contributed by atoms with Crippen LogP contribution in [0.3, 0.4) is 0 Å². The van der Waals surface area contributed by atoms with Gasteiger partial charge in [0, 0.05) is 31.9 Å². The van der Waals surface area contributed by atoms with Crippen LogP contribution in [-0.4, -0.2) is 29.1 Å². The second-order valence-electron chi connectivity index (χ2n) is 7.22. The average molecular weight is 286 g/mol. The lowest BCUT2D eigenvalue weighted by Crippen LogP contribution is -2.39. The summed E-state index contributed by atoms with van der Waals surface area (Å²) in [6.07, 6.45) is 15.0. The van der Waals surface area contributed by atoms with Crippen molar-refractivity contribution in [1.29, 1.82) is 0 Å². The van der Waals surface area contributed by atoms with Crippen LogP contribution in [0.4, 0.5) is 5.82 Å². The summed E-state index contributed by atoms with van der Waals surface area (Å²) in [7, 11) is 0. The van der Waals surface area contributed by atoms with Crippen LogP contribution < -0.4 is 10.2 Å². The molecule has 1 spiro atoms. The van der Waals surface area contributed by atoms with E-state index in [4.69, 9.17) is 4.98 Å². The van der Waals surface area contributed by atoms with Gasteiger partial charge in [0.2, 0.25) is 0 Å². The maximum atomic E-state index is 4.81. The third kappa shape index (κ3) is 3.05. The van der Waals surface area contributed by atoms with Crippen LogP contribution in [0.5, 0.6) is 0 Å². The van der Waals surface area contributed by atoms with E-state index in [-0.39, 0.29) is 0 Å². The highest BCUT2D eigenvalue weighted by Gasteiger charge is 2.37. The number of nitrogens with one attached hydrogen (secondary N) is 1. The van der Waals surface area contributed by atoms with E-state index in [2.05, 4.69) is 15.2 Å². The van der Waals surface area contributed by atoms with Gasteiger partial charge >= 0.3 is 0 Å². The molecule has 1 aromatic heterocycles. The molecule has 4 heteroatoms. The standard InChI is InChI=1S/C17H26N4/c1-2-6-17(5-1)7-9-21(10-8-17)16-13-18-11-15(20-16)12-19-14-3-4-14/h11,13-14,19H,1-10,12H2. The number of aromatic nitrogens is 2. The van der Waals surface area contributed by atoms with Gasteiger partial charge in [-0.15, -0.1) is 0 Å². The monoisotopic (exact) mass is 286 g/mol. The fourth-order valence-electron chi connectivity index (χ4n) is 4.00. The van der Waals surface area contributed by atoms with Crippen molar-refractivity contribution in [3.8, 4) is 0 Å². The molecule has 0 bridgehead atoms. The Balaban J connectivity index is 1.38. The zero-order valence-electron chi connectivity index (χ0n) is 12.9. The highest BCUT2D eigenvalue weighted by Crippen LogP contribution is 2.46. The fraction of sp³-hybridized carbons (Fsp3) is 0.765. The maximum Gasteiger partial charge on any atom is 0.147 e. The quantitative estimate of drug-likeness (QED) is 0.924. The third-order valence-corrected chi connectivity index (χ3v) is 5.63. The molecule has 21 heavy (non-hydrogen) atoms. The molecule has 2 aliphatic carbocycles. The molecule has 0 aromatic carbocycles. The van der Waals surface area contributed by atoms with Gasteiger partial charge in [0.15, 0.2) is 0 Å². The SMILES string of the molecule is c1ncc(N2CCC3(CCCC3)CC2)nc1CNC1CC1. The van der Waals surface area contributed by atoms with Crippen LogP contribution >= 0.6 is 0 Å². The van der Waals surface area contributed by atoms with Gasteiger partial charge in [-0.05, 0) is 43.9 Å². The molecule has 2 heterocycles. The number of nitrogens with zero attached hydrogens (tertiary/aromatic N) is 3. The van der Waals surface area contributed by atoms with Crippen LogP contribution in [0.25, 0.3) is 0 Å². The molecule has 1 N–H and O–H groups in total. The first-order valence-corrected chi connectivity index (χ1v) is 8.62. The van der Waals surface area contributed by atoms with E-state index >= 15 is 0 Å². The van der Waals surface area contributed by atoms with E-state index < -0.39 is 0 Å². The fourth-order valence-corrected chi connectivity index (χ4v) is 4.00. The van der Waals surface area contributed by atoms with E-state index in [9.17, 15) is 0 Å². The van der Waals surface area contributed by atoms with E-state index in [0.29, 0.717) is 5.41 Å². The minimum atomic E-state index is 0.676. The molecule has 0 atom stereocenters. The lowest BCUT2D eigenvalue weighted by atomic mass is 9.77. The summed E-state index contributed by atoms with van der Waals surface area (Å²) in [5, 5.41) is 3.52. The summed E-state index contributed by atoms with van der Waals surface area (Å²) in [5.74, 6) is 1.08. The first-order chi connectivity index (χ1) is 10.3. The van der Waals surface area contributed by atoms with Crippen molar-refractivity contribution in [1.82, 2.24) is 15.3 Å². The van der Waals surface area contributed by atoms with Gasteiger partial charge in [0.05, 0.1) is 11.9 Å². The Bertz CT molecular complexity index is 481. The molecule has 3 aliphatic rings. The summed E-state index contributed by atoms with van der Waals surface area (Å²) in [5.41, 5.74) is 1.76. The Morgan fingerprint density at radius 3 is 2.57 bits per heavy atom. The molecule has 0 unspecified atom stereocenters. The van der Waals surface area contributed by atoms with Crippen LogP contribution in [-0.2, 0) is 6.54 Å². The van der Waals surface area contributed by atoms with Gasteiger partial charge in [-0.25, -0.2) is 4.98 Å². The molecule has 2 saturated carbocycles. The predicted octanol–water partition coefficient (Wildman–Crippen LogP) is 2.89. The van der Waals surface area contributed by atoms with Crippen LogP contribution in [0.2, 0.25) is 0 Å². The first-order valence-electron chi connectivity index (χ1n) is 8.62. The molecule has 4 nitrogen and oxygen atoms in total. The van der Waals surface area contributed by atoms with Crippen molar-refractivity contribution in [3.63, 3.8) is 0 Å². The zero-order chi connectivity index (χ0) is 14.1. The topological polar surface area (TPSA) is 41.1 Å². The zero-order valence-corrected chi connectivity index (χ0v) is 12.9. The molecule has 1 aromatic rings. The normalized spacial score (nSPS) is 24.7. The van der Waals surface area contributed by atoms with E-state index in [1.807, 2.05) is 12.4 Å². The summed E-state index contributed by atoms with van der Waals surface area (Å²) in [6.45, 7) is 3.19. The molecule has 1 saturated heterocycles. The van der Waals surface area contributed by atoms with Gasteiger partial charge in [0.25, 0.3) is 0 Å². The number of anilines is 1. The van der Waals surface area contributed by atoms with E-state index in [1.165, 1.54) is 51.4 Å². The van der Waals surface area contributed by atoms with Crippen LogP contribution in [0.15, 0.2) is 12.4 Å². The number of hydrogen-bond acceptors (Lipinski definition) is 4. The van der Waals surface area contributed by atoms with E-state index in [1.54, 1.807) is 0 Å². The lowest BCUT2D eigenvalue weighted by molar-refractivity contribution is 0.226. The number of piperidine rings is 1. The molecule has 0 amide bonds. The predicted molar refractivity (Wildman–Crippen MR) is 84.2 cm³/mol. The van der Waals surface area contributed by atoms with Gasteiger partial charge < -0.3 is 10.2 Å². The number of rotatable bonds is 4. The summed E-state index contributed by atoms with van der Waals surface area (Å²) in [4.78, 5) is 11.7. The molecule has 114 valence electrons. The van der Waals surface area contributed by atoms with E-state index in [0.717, 1.165) is 37.2 Å². The van der Waals surface area contributed by atoms with Crippen LogP contribution in [0, 0.1) is 5.41 Å². The van der Waals surface area contributed by atoms with Crippen molar-refractivity contribution in [2.45, 2.75) is 64.0 Å². The summed E-state index contributed by atoms with van der Waals surface area (Å²) < 4.78 is 0. The largest absolute Gasteiger partial charge is 0.355 e. The van der Waals surface area contributed by atoms with Crippen molar-refractivity contribution in [2.75, 3.05) is 18.0 Å². The van der Waals surface area contributed by atoms with Crippen molar-refractivity contribution in [2.24, 2.45) is 5.41 Å². The van der Waals surface area contributed by atoms with Gasteiger partial charge in [0.1, 0.15) is 5.82 Å². The smallest absolute Gasteiger partial charge is 0.147 e. The molecule has 0 radical (unpaired) electrons. The van der Waals surface area contributed by atoms with Gasteiger partial charge in [-0.1, -0.05) is 12.8 Å². The third-order valence-electron chi connectivity index (χ3n) is 5.63. The average Bonchev–Trinajstić information content (AvgIpc) is 3.26. The highest BCUT2D eigenvalue weighted by molar-refractivity contribution is 5.37.